The first-order valence-corrected chi connectivity index (χ1v) is 3.11. The maximum atomic E-state index is 10.0. The number of alkyl halides is 1. The van der Waals surface area contributed by atoms with Crippen LogP contribution in [0.1, 0.15) is 6.42 Å². The van der Waals surface area contributed by atoms with Crippen molar-refractivity contribution in [2.75, 3.05) is 5.33 Å². The van der Waals surface area contributed by atoms with E-state index in [0.29, 0.717) is 11.8 Å². The Kier molecular flexibility index (Phi) is 4.55. The summed E-state index contributed by atoms with van der Waals surface area (Å²) in [6.07, 6.45) is 0.323. The van der Waals surface area contributed by atoms with E-state index in [9.17, 15) is 4.79 Å². The number of hydrogen-bond acceptors (Lipinski definition) is 2. The molecule has 0 unspecified atom stereocenters. The summed E-state index contributed by atoms with van der Waals surface area (Å²) < 4.78 is 3.79. The Hall–Kier alpha value is 0.240. The SMILES string of the molecule is O=C(CCBr)OCl. The first-order chi connectivity index (χ1) is 3.31. The van der Waals surface area contributed by atoms with Crippen LogP contribution < -0.4 is 0 Å². The van der Waals surface area contributed by atoms with Gasteiger partial charge < -0.3 is 4.29 Å². The highest BCUT2D eigenvalue weighted by atomic mass is 79.9. The van der Waals surface area contributed by atoms with Gasteiger partial charge in [0, 0.05) is 5.33 Å². The molecule has 0 aromatic carbocycles. The molecule has 0 aliphatic heterocycles. The van der Waals surface area contributed by atoms with Gasteiger partial charge in [0.25, 0.3) is 0 Å². The average Bonchev–Trinajstić information content (AvgIpc) is 1.68. The average molecular weight is 187 g/mol. The zero-order valence-corrected chi connectivity index (χ0v) is 5.83. The predicted octanol–water partition coefficient (Wildman–Crippen LogP) is 1.47. The Morgan fingerprint density at radius 2 is 2.43 bits per heavy atom. The molecule has 0 atom stereocenters. The highest BCUT2D eigenvalue weighted by Gasteiger charge is 1.96. The molecule has 0 aliphatic rings. The van der Waals surface area contributed by atoms with E-state index in [1.807, 2.05) is 0 Å². The third-order valence-corrected chi connectivity index (χ3v) is 0.953. The molecule has 4 heteroatoms. The molecule has 0 spiro atoms. The van der Waals surface area contributed by atoms with E-state index in [1.54, 1.807) is 0 Å². The summed E-state index contributed by atoms with van der Waals surface area (Å²) in [7, 11) is 0. The van der Waals surface area contributed by atoms with Crippen molar-refractivity contribution in [3.8, 4) is 0 Å². The van der Waals surface area contributed by atoms with Crippen LogP contribution in [0.5, 0.6) is 0 Å². The fourth-order valence-electron chi connectivity index (χ4n) is 0.116. The van der Waals surface area contributed by atoms with Crippen LogP contribution >= 0.6 is 27.8 Å². The molecular weight excluding hydrogens is 183 g/mol. The number of carbonyl (C=O) groups is 1. The van der Waals surface area contributed by atoms with Crippen molar-refractivity contribution in [2.24, 2.45) is 0 Å². The summed E-state index contributed by atoms with van der Waals surface area (Å²) in [5.74, 6) is -0.404. The van der Waals surface area contributed by atoms with Crippen LogP contribution in [0, 0.1) is 0 Å². The van der Waals surface area contributed by atoms with E-state index >= 15 is 0 Å². The molecule has 0 saturated carbocycles. The van der Waals surface area contributed by atoms with E-state index in [1.165, 1.54) is 0 Å². The lowest BCUT2D eigenvalue weighted by Gasteiger charge is -1.85. The fraction of sp³-hybridized carbons (Fsp3) is 0.667. The highest BCUT2D eigenvalue weighted by Crippen LogP contribution is 1.92. The Balaban J connectivity index is 3.00. The monoisotopic (exact) mass is 186 g/mol. The molecule has 0 aromatic heterocycles. The molecule has 7 heavy (non-hydrogen) atoms. The van der Waals surface area contributed by atoms with E-state index < -0.39 is 5.97 Å². The van der Waals surface area contributed by atoms with Crippen molar-refractivity contribution >= 4 is 33.8 Å². The minimum atomic E-state index is -0.404. The Morgan fingerprint density at radius 3 is 2.57 bits per heavy atom. The third kappa shape index (κ3) is 4.09. The van der Waals surface area contributed by atoms with Crippen LogP contribution in [0.2, 0.25) is 0 Å². The van der Waals surface area contributed by atoms with Crippen LogP contribution in [0.25, 0.3) is 0 Å². The van der Waals surface area contributed by atoms with Gasteiger partial charge in [-0.1, -0.05) is 15.9 Å². The zero-order chi connectivity index (χ0) is 5.70. The van der Waals surface area contributed by atoms with Gasteiger partial charge in [-0.25, -0.2) is 0 Å². The quantitative estimate of drug-likeness (QED) is 0.612. The maximum absolute atomic E-state index is 10.0. The van der Waals surface area contributed by atoms with Gasteiger partial charge in [-0.2, -0.15) is 0 Å². The number of rotatable bonds is 2. The number of halogens is 2. The molecule has 0 aliphatic carbocycles. The van der Waals surface area contributed by atoms with Crippen LogP contribution in [0.15, 0.2) is 0 Å². The lowest BCUT2D eigenvalue weighted by Crippen LogP contribution is -1.95. The Labute approximate surface area is 55.1 Å². The fourth-order valence-corrected chi connectivity index (χ4v) is 0.517. The summed E-state index contributed by atoms with van der Waals surface area (Å²) in [5.41, 5.74) is 0. The van der Waals surface area contributed by atoms with Gasteiger partial charge in [0.1, 0.15) is 11.9 Å². The lowest BCUT2D eigenvalue weighted by molar-refractivity contribution is -0.133. The predicted molar refractivity (Wildman–Crippen MR) is 30.4 cm³/mol. The minimum absolute atomic E-state index is 0.323. The van der Waals surface area contributed by atoms with E-state index in [4.69, 9.17) is 0 Å². The second-order valence-electron chi connectivity index (χ2n) is 0.888. The van der Waals surface area contributed by atoms with Crippen molar-refractivity contribution in [1.29, 1.82) is 0 Å². The van der Waals surface area contributed by atoms with Crippen LogP contribution in [0.4, 0.5) is 0 Å². The van der Waals surface area contributed by atoms with Crippen LogP contribution in [-0.4, -0.2) is 11.3 Å². The largest absolute Gasteiger partial charge is 0.348 e. The summed E-state index contributed by atoms with van der Waals surface area (Å²) in [4.78, 5) is 10.0. The second kappa shape index (κ2) is 4.40. The summed E-state index contributed by atoms with van der Waals surface area (Å²) in [6, 6.07) is 0. The van der Waals surface area contributed by atoms with Gasteiger partial charge in [0.15, 0.2) is 0 Å². The standard InChI is InChI=1S/C3H4BrClO2/c4-2-1-3(6)7-5/h1-2H2. The first-order valence-electron chi connectivity index (χ1n) is 1.68. The molecule has 0 rings (SSSR count). The molecule has 0 heterocycles. The molecule has 0 bridgehead atoms. The molecule has 0 saturated heterocycles. The minimum Gasteiger partial charge on any atom is -0.348 e. The van der Waals surface area contributed by atoms with Crippen molar-refractivity contribution in [2.45, 2.75) is 6.42 Å². The van der Waals surface area contributed by atoms with Gasteiger partial charge in [-0.05, 0) is 0 Å². The van der Waals surface area contributed by atoms with Gasteiger partial charge in [-0.3, -0.25) is 4.79 Å². The first kappa shape index (κ1) is 7.24. The van der Waals surface area contributed by atoms with Crippen molar-refractivity contribution in [3.05, 3.63) is 0 Å². The van der Waals surface area contributed by atoms with Crippen LogP contribution in [-0.2, 0) is 9.08 Å². The normalized spacial score (nSPS) is 8.29. The molecule has 0 radical (unpaired) electrons. The number of carbonyl (C=O) groups excluding carboxylic acids is 1. The Bertz CT molecular complexity index is 66.0. The maximum Gasteiger partial charge on any atom is 0.325 e. The summed E-state index contributed by atoms with van der Waals surface area (Å²) in [6.45, 7) is 0. The molecule has 0 fully saturated rings. The second-order valence-corrected chi connectivity index (χ2v) is 1.84. The Morgan fingerprint density at radius 1 is 1.86 bits per heavy atom. The van der Waals surface area contributed by atoms with E-state index in [2.05, 4.69) is 32.1 Å². The lowest BCUT2D eigenvalue weighted by atomic mass is 10.5. The van der Waals surface area contributed by atoms with Crippen molar-refractivity contribution in [3.63, 3.8) is 0 Å². The molecule has 2 nitrogen and oxygen atoms in total. The van der Waals surface area contributed by atoms with Gasteiger partial charge in [-0.15, -0.1) is 0 Å². The molecule has 0 N–H and O–H groups in total. The van der Waals surface area contributed by atoms with E-state index in [0.717, 1.165) is 0 Å². The summed E-state index contributed by atoms with van der Waals surface area (Å²) >= 11 is 7.69. The number of hydrogen-bond donors (Lipinski definition) is 0. The highest BCUT2D eigenvalue weighted by molar-refractivity contribution is 9.09. The van der Waals surface area contributed by atoms with Gasteiger partial charge in [0.05, 0.1) is 6.42 Å². The summed E-state index contributed by atoms with van der Waals surface area (Å²) in [5, 5.41) is 0.596. The molecule has 0 aromatic rings. The molecule has 42 valence electrons. The topological polar surface area (TPSA) is 26.3 Å². The third-order valence-electron chi connectivity index (χ3n) is 0.385. The van der Waals surface area contributed by atoms with Gasteiger partial charge in [0.2, 0.25) is 0 Å². The van der Waals surface area contributed by atoms with Crippen molar-refractivity contribution < 1.29 is 9.08 Å². The molecular formula is C3H4BrClO2. The van der Waals surface area contributed by atoms with Gasteiger partial charge >= 0.3 is 5.97 Å². The van der Waals surface area contributed by atoms with E-state index in [-0.39, 0.29) is 0 Å². The smallest absolute Gasteiger partial charge is 0.325 e. The van der Waals surface area contributed by atoms with Crippen LogP contribution in [0.3, 0.4) is 0 Å². The molecule has 0 amide bonds. The van der Waals surface area contributed by atoms with Crippen molar-refractivity contribution in [1.82, 2.24) is 0 Å². The zero-order valence-electron chi connectivity index (χ0n) is 3.49.